The molecule has 1 N–H and O–H groups in total. The highest BCUT2D eigenvalue weighted by atomic mass is 35.5. The average Bonchev–Trinajstić information content (AvgIpc) is 2.96. The van der Waals surface area contributed by atoms with Gasteiger partial charge in [0.2, 0.25) is 5.95 Å². The lowest BCUT2D eigenvalue weighted by atomic mass is 9.92. The maximum atomic E-state index is 12.8. The number of imidazole rings is 1. The van der Waals surface area contributed by atoms with Crippen molar-refractivity contribution in [3.63, 3.8) is 0 Å². The molecule has 0 spiro atoms. The van der Waals surface area contributed by atoms with Crippen LogP contribution in [0.15, 0.2) is 30.3 Å². The monoisotopic (exact) mass is 425 g/mol. The number of halogens is 4. The molecule has 0 aliphatic heterocycles. The normalized spacial score (nSPS) is 12.0. The first-order chi connectivity index (χ1) is 13.6. The highest BCUT2D eigenvalue weighted by molar-refractivity contribution is 6.30. The van der Waals surface area contributed by atoms with Crippen LogP contribution in [0.5, 0.6) is 5.75 Å². The minimum Gasteiger partial charge on any atom is -0.404 e. The van der Waals surface area contributed by atoms with Gasteiger partial charge in [-0.05, 0) is 48.9 Å². The van der Waals surface area contributed by atoms with Gasteiger partial charge in [0.1, 0.15) is 0 Å². The largest absolute Gasteiger partial charge is 0.573 e. The van der Waals surface area contributed by atoms with E-state index < -0.39 is 12.1 Å². The number of nitrogens with zero attached hydrogens (tertiary/aromatic N) is 2. The van der Waals surface area contributed by atoms with E-state index in [2.05, 4.69) is 35.0 Å². The topological polar surface area (TPSA) is 39.1 Å². The van der Waals surface area contributed by atoms with E-state index in [1.54, 1.807) is 0 Å². The lowest BCUT2D eigenvalue weighted by molar-refractivity contribution is -0.274. The van der Waals surface area contributed by atoms with Gasteiger partial charge in [0.25, 0.3) is 0 Å². The minimum atomic E-state index is -4.83. The number of nitrogens with one attached hydrogen (secondary N) is 1. The molecule has 3 rings (SSSR count). The molecule has 0 saturated carbocycles. The zero-order valence-electron chi connectivity index (χ0n) is 16.7. The van der Waals surface area contributed by atoms with Crippen molar-refractivity contribution in [1.82, 2.24) is 9.55 Å². The minimum absolute atomic E-state index is 0.131. The lowest BCUT2D eigenvalue weighted by Crippen LogP contribution is -2.18. The molecular formula is C21H23ClF3N3O. The first kappa shape index (κ1) is 21.3. The van der Waals surface area contributed by atoms with Crippen molar-refractivity contribution in [3.8, 4) is 5.75 Å². The van der Waals surface area contributed by atoms with Crippen molar-refractivity contribution in [1.29, 1.82) is 0 Å². The SMILES string of the molecule is CCC(CC)c1ccc(C)c2nc(Nc3ccc(Cl)cc3OC(F)(F)F)n(C)c12. The molecule has 0 unspecified atom stereocenters. The second kappa shape index (κ2) is 8.14. The number of aryl methyl sites for hydroxylation is 2. The summed E-state index contributed by atoms with van der Waals surface area (Å²) in [6.07, 6.45) is -2.85. The Morgan fingerprint density at radius 2 is 1.86 bits per heavy atom. The highest BCUT2D eigenvalue weighted by Crippen LogP contribution is 2.37. The summed E-state index contributed by atoms with van der Waals surface area (Å²) in [5, 5.41) is 3.12. The Kier molecular flexibility index (Phi) is 5.98. The van der Waals surface area contributed by atoms with Gasteiger partial charge in [0.05, 0.1) is 16.7 Å². The van der Waals surface area contributed by atoms with Crippen molar-refractivity contribution in [2.24, 2.45) is 7.05 Å². The number of ether oxygens (including phenoxy) is 1. The maximum absolute atomic E-state index is 12.8. The molecule has 1 heterocycles. The van der Waals surface area contributed by atoms with Gasteiger partial charge in [-0.3, -0.25) is 0 Å². The van der Waals surface area contributed by atoms with Gasteiger partial charge in [-0.2, -0.15) is 0 Å². The van der Waals surface area contributed by atoms with E-state index in [-0.39, 0.29) is 10.7 Å². The first-order valence-electron chi connectivity index (χ1n) is 9.42. The third-order valence-electron chi connectivity index (χ3n) is 5.10. The fraction of sp³-hybridized carbons (Fsp3) is 0.381. The van der Waals surface area contributed by atoms with Gasteiger partial charge in [0.15, 0.2) is 5.75 Å². The van der Waals surface area contributed by atoms with Gasteiger partial charge in [-0.25, -0.2) is 4.98 Å². The average molecular weight is 426 g/mol. The van der Waals surface area contributed by atoms with Crippen LogP contribution in [0, 0.1) is 6.92 Å². The van der Waals surface area contributed by atoms with Crippen LogP contribution < -0.4 is 10.1 Å². The molecule has 0 amide bonds. The molecule has 1 aromatic heterocycles. The van der Waals surface area contributed by atoms with Crippen LogP contribution in [-0.4, -0.2) is 15.9 Å². The number of aromatic nitrogens is 2. The Balaban J connectivity index is 2.10. The summed E-state index contributed by atoms with van der Waals surface area (Å²) in [5.74, 6) is 0.394. The maximum Gasteiger partial charge on any atom is 0.573 e. The summed E-state index contributed by atoms with van der Waals surface area (Å²) >= 11 is 5.86. The molecule has 29 heavy (non-hydrogen) atoms. The zero-order valence-corrected chi connectivity index (χ0v) is 17.4. The molecule has 0 saturated heterocycles. The third-order valence-corrected chi connectivity index (χ3v) is 5.33. The molecule has 0 aliphatic rings. The fourth-order valence-corrected chi connectivity index (χ4v) is 3.74. The summed E-state index contributed by atoms with van der Waals surface area (Å²) in [4.78, 5) is 4.66. The predicted molar refractivity (Wildman–Crippen MR) is 110 cm³/mol. The van der Waals surface area contributed by atoms with Gasteiger partial charge in [-0.1, -0.05) is 37.6 Å². The second-order valence-corrected chi connectivity index (χ2v) is 7.43. The molecule has 156 valence electrons. The number of hydrogen-bond donors (Lipinski definition) is 1. The Labute approximate surface area is 172 Å². The van der Waals surface area contributed by atoms with Crippen LogP contribution in [0.4, 0.5) is 24.8 Å². The van der Waals surface area contributed by atoms with Crippen LogP contribution in [0.1, 0.15) is 43.7 Å². The molecule has 4 nitrogen and oxygen atoms in total. The number of benzene rings is 2. The van der Waals surface area contributed by atoms with Crippen LogP contribution in [-0.2, 0) is 7.05 Å². The summed E-state index contributed by atoms with van der Waals surface area (Å²) in [6.45, 7) is 6.25. The first-order valence-corrected chi connectivity index (χ1v) is 9.80. The smallest absolute Gasteiger partial charge is 0.404 e. The summed E-state index contributed by atoms with van der Waals surface area (Å²) < 4.78 is 44.4. The van der Waals surface area contributed by atoms with Crippen LogP contribution in [0.2, 0.25) is 5.02 Å². The number of fused-ring (bicyclic) bond motifs is 1. The van der Waals surface area contributed by atoms with Crippen LogP contribution in [0.3, 0.4) is 0 Å². The van der Waals surface area contributed by atoms with Gasteiger partial charge in [0, 0.05) is 18.1 Å². The summed E-state index contributed by atoms with van der Waals surface area (Å²) in [7, 11) is 1.85. The Morgan fingerprint density at radius 1 is 1.17 bits per heavy atom. The van der Waals surface area contributed by atoms with E-state index in [9.17, 15) is 13.2 Å². The summed E-state index contributed by atoms with van der Waals surface area (Å²) in [5.41, 5.74) is 4.12. The van der Waals surface area contributed by atoms with Gasteiger partial charge in [-0.15, -0.1) is 13.2 Å². The van der Waals surface area contributed by atoms with Crippen LogP contribution >= 0.6 is 11.6 Å². The van der Waals surface area contributed by atoms with Crippen molar-refractivity contribution in [3.05, 3.63) is 46.5 Å². The van der Waals surface area contributed by atoms with E-state index in [1.165, 1.54) is 17.7 Å². The number of anilines is 2. The molecular weight excluding hydrogens is 403 g/mol. The zero-order chi connectivity index (χ0) is 21.3. The van der Waals surface area contributed by atoms with Gasteiger partial charge < -0.3 is 14.6 Å². The van der Waals surface area contributed by atoms with Crippen molar-refractivity contribution < 1.29 is 17.9 Å². The van der Waals surface area contributed by atoms with E-state index >= 15 is 0 Å². The van der Waals surface area contributed by atoms with Gasteiger partial charge >= 0.3 is 6.36 Å². The lowest BCUT2D eigenvalue weighted by Gasteiger charge is -2.17. The number of rotatable bonds is 6. The Morgan fingerprint density at radius 3 is 2.48 bits per heavy atom. The second-order valence-electron chi connectivity index (χ2n) is 6.99. The summed E-state index contributed by atoms with van der Waals surface area (Å²) in [6, 6.07) is 8.21. The van der Waals surface area contributed by atoms with E-state index in [1.807, 2.05) is 24.6 Å². The van der Waals surface area contributed by atoms with E-state index in [4.69, 9.17) is 11.6 Å². The van der Waals surface area contributed by atoms with E-state index in [0.717, 1.165) is 35.5 Å². The molecule has 0 atom stereocenters. The Hall–Kier alpha value is -2.41. The highest BCUT2D eigenvalue weighted by Gasteiger charge is 2.32. The quantitative estimate of drug-likeness (QED) is 0.458. The van der Waals surface area contributed by atoms with Crippen molar-refractivity contribution in [2.45, 2.75) is 45.9 Å². The van der Waals surface area contributed by atoms with Crippen LogP contribution in [0.25, 0.3) is 11.0 Å². The predicted octanol–water partition coefficient (Wildman–Crippen LogP) is 7.08. The molecule has 0 bridgehead atoms. The molecule has 0 radical (unpaired) electrons. The number of alkyl halides is 3. The number of hydrogen-bond acceptors (Lipinski definition) is 3. The molecule has 0 fully saturated rings. The van der Waals surface area contributed by atoms with E-state index in [0.29, 0.717) is 11.9 Å². The Bertz CT molecular complexity index is 1030. The fourth-order valence-electron chi connectivity index (χ4n) is 3.58. The molecule has 8 heteroatoms. The van der Waals surface area contributed by atoms with Crippen molar-refractivity contribution in [2.75, 3.05) is 5.32 Å². The molecule has 0 aliphatic carbocycles. The third kappa shape index (κ3) is 4.45. The van der Waals surface area contributed by atoms with Crippen molar-refractivity contribution >= 4 is 34.3 Å². The standard InChI is InChI=1S/C21H23ClF3N3O/c1-5-13(6-2)15-9-7-12(3)18-19(15)28(4)20(27-18)26-16-10-8-14(22)11-17(16)29-21(23,24)25/h7-11,13H,5-6H2,1-4H3,(H,26,27). The molecule has 2 aromatic carbocycles. The molecule has 3 aromatic rings.